The van der Waals surface area contributed by atoms with Crippen molar-refractivity contribution >= 4 is 16.8 Å². The van der Waals surface area contributed by atoms with Gasteiger partial charge in [-0.05, 0) is 31.4 Å². The summed E-state index contributed by atoms with van der Waals surface area (Å²) in [5, 5.41) is 4.05. The van der Waals surface area contributed by atoms with E-state index < -0.39 is 6.04 Å². The van der Waals surface area contributed by atoms with E-state index in [4.69, 9.17) is 5.73 Å². The van der Waals surface area contributed by atoms with Gasteiger partial charge in [0.25, 0.3) is 0 Å². The van der Waals surface area contributed by atoms with Gasteiger partial charge < -0.3 is 20.6 Å². The molecule has 0 spiro atoms. The number of benzene rings is 1. The average molecular weight is 325 g/mol. The first-order valence-corrected chi connectivity index (χ1v) is 8.20. The lowest BCUT2D eigenvalue weighted by atomic mass is 10.0. The number of imidazole rings is 1. The Hall–Kier alpha value is -2.60. The van der Waals surface area contributed by atoms with Gasteiger partial charge in [-0.3, -0.25) is 4.79 Å². The number of hydrogen-bond acceptors (Lipinski definition) is 3. The highest BCUT2D eigenvalue weighted by molar-refractivity contribution is 5.87. The molecule has 0 saturated heterocycles. The van der Waals surface area contributed by atoms with Crippen LogP contribution < -0.4 is 11.1 Å². The van der Waals surface area contributed by atoms with E-state index in [-0.39, 0.29) is 5.91 Å². The van der Waals surface area contributed by atoms with Crippen molar-refractivity contribution in [3.63, 3.8) is 0 Å². The first kappa shape index (κ1) is 16.3. The second kappa shape index (κ2) is 7.31. The van der Waals surface area contributed by atoms with Crippen LogP contribution in [-0.4, -0.2) is 33.0 Å². The molecule has 1 atom stereocenters. The number of aromatic nitrogens is 3. The van der Waals surface area contributed by atoms with E-state index in [1.165, 1.54) is 0 Å². The van der Waals surface area contributed by atoms with Gasteiger partial charge in [0.2, 0.25) is 5.91 Å². The molecule has 24 heavy (non-hydrogen) atoms. The molecule has 0 saturated carbocycles. The molecule has 0 unspecified atom stereocenters. The van der Waals surface area contributed by atoms with Crippen LogP contribution in [0.1, 0.15) is 17.7 Å². The van der Waals surface area contributed by atoms with Crippen molar-refractivity contribution in [2.75, 3.05) is 6.54 Å². The molecule has 1 aromatic carbocycles. The third-order valence-corrected chi connectivity index (χ3v) is 4.24. The van der Waals surface area contributed by atoms with Gasteiger partial charge in [-0.25, -0.2) is 4.98 Å². The van der Waals surface area contributed by atoms with Gasteiger partial charge in [0.15, 0.2) is 0 Å². The number of amides is 1. The predicted octanol–water partition coefficient (Wildman–Crippen LogP) is 1.75. The highest BCUT2D eigenvalue weighted by Gasteiger charge is 2.17. The zero-order chi connectivity index (χ0) is 16.9. The molecule has 3 rings (SSSR count). The summed E-state index contributed by atoms with van der Waals surface area (Å²) in [6.45, 7) is 3.46. The van der Waals surface area contributed by atoms with Gasteiger partial charge in [0, 0.05) is 42.1 Å². The molecule has 0 aliphatic heterocycles. The second-order valence-electron chi connectivity index (χ2n) is 6.03. The van der Waals surface area contributed by atoms with Crippen LogP contribution in [0.4, 0.5) is 0 Å². The van der Waals surface area contributed by atoms with E-state index >= 15 is 0 Å². The Labute approximate surface area is 141 Å². The van der Waals surface area contributed by atoms with E-state index in [2.05, 4.69) is 21.4 Å². The summed E-state index contributed by atoms with van der Waals surface area (Å²) in [5.74, 6) is -0.106. The highest BCUT2D eigenvalue weighted by Crippen LogP contribution is 2.22. The maximum atomic E-state index is 12.2. The van der Waals surface area contributed by atoms with E-state index in [0.717, 1.165) is 35.1 Å². The lowest BCUT2D eigenvalue weighted by Crippen LogP contribution is -2.42. The Morgan fingerprint density at radius 1 is 1.42 bits per heavy atom. The molecule has 0 aliphatic carbocycles. The van der Waals surface area contributed by atoms with Crippen molar-refractivity contribution in [3.05, 3.63) is 54.2 Å². The predicted molar refractivity (Wildman–Crippen MR) is 94.6 cm³/mol. The Balaban J connectivity index is 1.52. The minimum absolute atomic E-state index is 0.106. The molecule has 0 aliphatic rings. The number of carbonyl (C=O) groups excluding carboxylic acids is 1. The largest absolute Gasteiger partial charge is 0.358 e. The lowest BCUT2D eigenvalue weighted by molar-refractivity contribution is -0.122. The molecule has 3 aromatic rings. The first-order valence-electron chi connectivity index (χ1n) is 8.20. The van der Waals surface area contributed by atoms with E-state index in [1.807, 2.05) is 35.9 Å². The number of nitrogens with two attached hydrogens (primary N) is 1. The number of carbonyl (C=O) groups is 1. The van der Waals surface area contributed by atoms with E-state index in [9.17, 15) is 4.79 Å². The van der Waals surface area contributed by atoms with Crippen LogP contribution in [-0.2, 0) is 17.8 Å². The minimum atomic E-state index is -0.545. The van der Waals surface area contributed by atoms with Crippen LogP contribution >= 0.6 is 0 Å². The average Bonchev–Trinajstić information content (AvgIpc) is 3.20. The van der Waals surface area contributed by atoms with Gasteiger partial charge in [-0.2, -0.15) is 0 Å². The van der Waals surface area contributed by atoms with Crippen molar-refractivity contribution in [2.24, 2.45) is 5.73 Å². The normalized spacial score (nSPS) is 12.4. The van der Waals surface area contributed by atoms with Crippen LogP contribution in [0.15, 0.2) is 43.0 Å². The molecule has 0 radical (unpaired) electrons. The number of para-hydroxylation sites is 1. The summed E-state index contributed by atoms with van der Waals surface area (Å²) in [6, 6.07) is 7.55. The van der Waals surface area contributed by atoms with E-state index in [1.54, 1.807) is 12.5 Å². The Morgan fingerprint density at radius 3 is 3.04 bits per heavy atom. The van der Waals surface area contributed by atoms with Crippen LogP contribution in [0.3, 0.4) is 0 Å². The van der Waals surface area contributed by atoms with Gasteiger partial charge in [-0.15, -0.1) is 0 Å². The number of fused-ring (bicyclic) bond motifs is 1. The van der Waals surface area contributed by atoms with Crippen molar-refractivity contribution in [2.45, 2.75) is 32.4 Å². The molecule has 0 fully saturated rings. The van der Waals surface area contributed by atoms with Crippen molar-refractivity contribution in [3.8, 4) is 0 Å². The van der Waals surface area contributed by atoms with Crippen LogP contribution in [0.5, 0.6) is 0 Å². The lowest BCUT2D eigenvalue weighted by Gasteiger charge is -2.13. The molecular formula is C18H23N5O. The van der Waals surface area contributed by atoms with Crippen molar-refractivity contribution < 1.29 is 4.79 Å². The maximum absolute atomic E-state index is 12.2. The van der Waals surface area contributed by atoms with Crippen LogP contribution in [0, 0.1) is 6.92 Å². The first-order chi connectivity index (χ1) is 11.6. The fraction of sp³-hybridized carbons (Fsp3) is 0.333. The number of rotatable bonds is 7. The van der Waals surface area contributed by atoms with Crippen LogP contribution in [0.2, 0.25) is 0 Å². The standard InChI is InChI=1S/C18H23N5O/c1-13-15(14-5-2-3-6-17(14)22-13)11-16(19)18(24)21-7-4-9-23-10-8-20-12-23/h2-3,5-6,8,10,12,16,22H,4,7,9,11,19H2,1H3,(H,21,24)/t16-/m0/s1. The third kappa shape index (κ3) is 3.65. The SMILES string of the molecule is Cc1[nH]c2ccccc2c1C[C@H](N)C(=O)NCCCn1ccnc1. The highest BCUT2D eigenvalue weighted by atomic mass is 16.2. The van der Waals surface area contributed by atoms with Gasteiger partial charge in [0.1, 0.15) is 0 Å². The number of aromatic amines is 1. The summed E-state index contributed by atoms with van der Waals surface area (Å²) in [7, 11) is 0. The molecule has 126 valence electrons. The summed E-state index contributed by atoms with van der Waals surface area (Å²) in [5.41, 5.74) is 9.37. The van der Waals surface area contributed by atoms with Crippen LogP contribution in [0.25, 0.3) is 10.9 Å². The fourth-order valence-electron chi connectivity index (χ4n) is 2.93. The second-order valence-corrected chi connectivity index (χ2v) is 6.03. The number of aryl methyl sites for hydroxylation is 2. The Kier molecular flexibility index (Phi) is 4.96. The maximum Gasteiger partial charge on any atom is 0.237 e. The molecular weight excluding hydrogens is 302 g/mol. The zero-order valence-electron chi connectivity index (χ0n) is 13.8. The van der Waals surface area contributed by atoms with Gasteiger partial charge in [-0.1, -0.05) is 18.2 Å². The molecule has 2 heterocycles. The third-order valence-electron chi connectivity index (χ3n) is 4.24. The zero-order valence-corrected chi connectivity index (χ0v) is 13.8. The molecule has 4 N–H and O–H groups in total. The fourth-order valence-corrected chi connectivity index (χ4v) is 2.93. The number of nitrogens with one attached hydrogen (secondary N) is 2. The smallest absolute Gasteiger partial charge is 0.237 e. The summed E-state index contributed by atoms with van der Waals surface area (Å²) < 4.78 is 1.99. The summed E-state index contributed by atoms with van der Waals surface area (Å²) in [6.07, 6.45) is 6.81. The number of nitrogens with zero attached hydrogens (tertiary/aromatic N) is 2. The Bertz CT molecular complexity index is 806. The molecule has 6 nitrogen and oxygen atoms in total. The molecule has 2 aromatic heterocycles. The molecule has 0 bridgehead atoms. The Morgan fingerprint density at radius 2 is 2.25 bits per heavy atom. The monoisotopic (exact) mass is 325 g/mol. The topological polar surface area (TPSA) is 88.7 Å². The van der Waals surface area contributed by atoms with Gasteiger partial charge >= 0.3 is 0 Å². The quantitative estimate of drug-likeness (QED) is 0.578. The summed E-state index contributed by atoms with van der Waals surface area (Å²) in [4.78, 5) is 19.5. The molecule has 6 heteroatoms. The summed E-state index contributed by atoms with van der Waals surface area (Å²) >= 11 is 0. The van der Waals surface area contributed by atoms with Gasteiger partial charge in [0.05, 0.1) is 12.4 Å². The van der Waals surface area contributed by atoms with E-state index in [0.29, 0.717) is 13.0 Å². The number of H-pyrrole nitrogens is 1. The minimum Gasteiger partial charge on any atom is -0.358 e. The van der Waals surface area contributed by atoms with Crippen molar-refractivity contribution in [1.29, 1.82) is 0 Å². The number of hydrogen-bond donors (Lipinski definition) is 3. The van der Waals surface area contributed by atoms with Crippen molar-refractivity contribution in [1.82, 2.24) is 19.9 Å². The molecule has 1 amide bonds.